The molecule has 102 valence electrons. The second kappa shape index (κ2) is 5.13. The molecule has 1 aliphatic rings. The number of fused-ring (bicyclic) bond motifs is 1. The highest BCUT2D eigenvalue weighted by atomic mass is 32.1. The van der Waals surface area contributed by atoms with Crippen LogP contribution in [0.5, 0.6) is 0 Å². The maximum atomic E-state index is 13.8. The van der Waals surface area contributed by atoms with Gasteiger partial charge in [-0.1, -0.05) is 0 Å². The molecule has 0 spiro atoms. The summed E-state index contributed by atoms with van der Waals surface area (Å²) in [6.07, 6.45) is 3.00. The summed E-state index contributed by atoms with van der Waals surface area (Å²) in [6, 6.07) is 3.42. The molecule has 7 heteroatoms. The van der Waals surface area contributed by atoms with Crippen LogP contribution in [0.3, 0.4) is 0 Å². The van der Waals surface area contributed by atoms with Crippen molar-refractivity contribution in [3.8, 4) is 6.07 Å². The van der Waals surface area contributed by atoms with Crippen LogP contribution in [-0.4, -0.2) is 8.94 Å². The van der Waals surface area contributed by atoms with E-state index in [9.17, 15) is 8.78 Å². The Balaban J connectivity index is 2.11. The molecule has 0 unspecified atom stereocenters. The van der Waals surface area contributed by atoms with Crippen LogP contribution in [0.1, 0.15) is 24.2 Å². The van der Waals surface area contributed by atoms with Gasteiger partial charge in [0.1, 0.15) is 29.2 Å². The third-order valence-corrected chi connectivity index (χ3v) is 3.96. The minimum Gasteiger partial charge on any atom is -0.304 e. The molecular weight excluding hydrogens is 282 g/mol. The number of halogens is 2. The van der Waals surface area contributed by atoms with Crippen molar-refractivity contribution < 1.29 is 8.78 Å². The molecule has 1 aliphatic heterocycles. The summed E-state index contributed by atoms with van der Waals surface area (Å²) in [5.74, 6) is -0.535. The number of aryl methyl sites for hydroxylation is 1. The summed E-state index contributed by atoms with van der Waals surface area (Å²) in [6.45, 7) is 0.797. The number of aromatic nitrogens is 2. The first kappa shape index (κ1) is 12.9. The van der Waals surface area contributed by atoms with Crippen LogP contribution in [0.25, 0.3) is 0 Å². The average Bonchev–Trinajstić information content (AvgIpc) is 2.86. The minimum absolute atomic E-state index is 0.106. The molecule has 0 atom stereocenters. The third kappa shape index (κ3) is 2.23. The van der Waals surface area contributed by atoms with Gasteiger partial charge in [0.2, 0.25) is 4.80 Å². The molecule has 0 amide bonds. The van der Waals surface area contributed by atoms with Crippen molar-refractivity contribution in [3.63, 3.8) is 0 Å². The zero-order valence-electron chi connectivity index (χ0n) is 10.4. The Morgan fingerprint density at radius 1 is 1.30 bits per heavy atom. The van der Waals surface area contributed by atoms with Crippen LogP contribution < -0.4 is 4.80 Å². The highest BCUT2D eigenvalue weighted by Gasteiger charge is 2.14. The van der Waals surface area contributed by atoms with Crippen LogP contribution in [0, 0.1) is 23.0 Å². The topological polar surface area (TPSA) is 54.0 Å². The largest absolute Gasteiger partial charge is 0.304 e. The molecule has 0 N–H and O–H groups in total. The molecule has 0 radical (unpaired) electrons. The quantitative estimate of drug-likeness (QED) is 0.811. The maximum Gasteiger partial charge on any atom is 0.209 e. The average molecular weight is 292 g/mol. The van der Waals surface area contributed by atoms with E-state index in [0.29, 0.717) is 4.80 Å². The number of rotatable bonds is 1. The minimum atomic E-state index is -0.768. The molecule has 20 heavy (non-hydrogen) atoms. The molecule has 3 rings (SSSR count). The molecule has 1 aromatic carbocycles. The normalized spacial score (nSPS) is 14.9. The van der Waals surface area contributed by atoms with E-state index in [-0.39, 0.29) is 11.3 Å². The first-order chi connectivity index (χ1) is 9.69. The van der Waals surface area contributed by atoms with Gasteiger partial charge in [-0.3, -0.25) is 0 Å². The third-order valence-electron chi connectivity index (χ3n) is 3.18. The monoisotopic (exact) mass is 292 g/mol. The van der Waals surface area contributed by atoms with Crippen molar-refractivity contribution >= 4 is 17.2 Å². The van der Waals surface area contributed by atoms with Crippen molar-refractivity contribution in [2.45, 2.75) is 25.8 Å². The van der Waals surface area contributed by atoms with E-state index < -0.39 is 11.6 Å². The van der Waals surface area contributed by atoms with E-state index in [1.807, 2.05) is 4.57 Å². The summed E-state index contributed by atoms with van der Waals surface area (Å²) < 4.78 is 33.5. The van der Waals surface area contributed by atoms with Crippen LogP contribution in [-0.2, 0) is 13.0 Å². The smallest absolute Gasteiger partial charge is 0.209 e. The summed E-state index contributed by atoms with van der Waals surface area (Å²) >= 11 is 1.18. The van der Waals surface area contributed by atoms with Crippen LogP contribution >= 0.6 is 11.5 Å². The lowest BCUT2D eigenvalue weighted by Crippen LogP contribution is -2.21. The fourth-order valence-electron chi connectivity index (χ4n) is 2.15. The second-order valence-corrected chi connectivity index (χ2v) is 5.23. The Hall–Kier alpha value is -2.07. The Morgan fingerprint density at radius 2 is 2.15 bits per heavy atom. The van der Waals surface area contributed by atoms with Gasteiger partial charge in [-0.15, -0.1) is 0 Å². The zero-order valence-corrected chi connectivity index (χ0v) is 11.3. The maximum absolute atomic E-state index is 13.8. The number of nitriles is 1. The highest BCUT2D eigenvalue weighted by molar-refractivity contribution is 7.02. The summed E-state index contributed by atoms with van der Waals surface area (Å²) in [4.78, 5) is 4.70. The molecule has 1 aromatic heterocycles. The molecule has 2 heterocycles. The van der Waals surface area contributed by atoms with E-state index in [1.54, 1.807) is 6.07 Å². The molecule has 0 aliphatic carbocycles. The predicted molar refractivity (Wildman–Crippen MR) is 69.3 cm³/mol. The van der Waals surface area contributed by atoms with Crippen molar-refractivity contribution in [2.24, 2.45) is 4.99 Å². The first-order valence-corrected chi connectivity index (χ1v) is 6.95. The predicted octanol–water partition coefficient (Wildman–Crippen LogP) is 2.66. The molecule has 2 aromatic rings. The Morgan fingerprint density at radius 3 is 2.95 bits per heavy atom. The van der Waals surface area contributed by atoms with Crippen molar-refractivity contribution in [2.75, 3.05) is 0 Å². The van der Waals surface area contributed by atoms with E-state index in [4.69, 9.17) is 5.26 Å². The molecule has 0 saturated carbocycles. The number of nitrogens with zero attached hydrogens (tertiary/aromatic N) is 4. The molecule has 0 bridgehead atoms. The summed E-state index contributed by atoms with van der Waals surface area (Å²) in [7, 11) is 0. The fourth-order valence-corrected chi connectivity index (χ4v) is 2.96. The number of benzene rings is 1. The van der Waals surface area contributed by atoms with E-state index >= 15 is 0 Å². The molecular formula is C13H10F2N4S. The molecule has 4 nitrogen and oxygen atoms in total. The lowest BCUT2D eigenvalue weighted by atomic mass is 10.2. The van der Waals surface area contributed by atoms with Gasteiger partial charge in [0.25, 0.3) is 0 Å². The lowest BCUT2D eigenvalue weighted by molar-refractivity contribution is 0.509. The van der Waals surface area contributed by atoms with Crippen molar-refractivity contribution in [1.29, 1.82) is 5.26 Å². The summed E-state index contributed by atoms with van der Waals surface area (Å²) in [5, 5.41) is 8.65. The van der Waals surface area contributed by atoms with Gasteiger partial charge < -0.3 is 4.57 Å². The van der Waals surface area contributed by atoms with Gasteiger partial charge in [0.05, 0.1) is 5.56 Å². The van der Waals surface area contributed by atoms with Gasteiger partial charge in [-0.2, -0.15) is 9.64 Å². The standard InChI is InChI=1S/C13H10F2N4S/c14-9-6-11(10(15)5-8(9)7-16)17-13-19-4-2-1-3-12(19)18-20-13/h5-6H,1-4H2. The van der Waals surface area contributed by atoms with Gasteiger partial charge in [0.15, 0.2) is 0 Å². The summed E-state index contributed by atoms with van der Waals surface area (Å²) in [5.41, 5.74) is -0.425. The van der Waals surface area contributed by atoms with E-state index in [1.165, 1.54) is 11.5 Å². The van der Waals surface area contributed by atoms with Crippen molar-refractivity contribution in [1.82, 2.24) is 8.94 Å². The Bertz CT molecular complexity index is 770. The fraction of sp³-hybridized carbons (Fsp3) is 0.308. The second-order valence-electron chi connectivity index (χ2n) is 4.50. The van der Waals surface area contributed by atoms with Gasteiger partial charge >= 0.3 is 0 Å². The SMILES string of the molecule is N#Cc1cc(F)c(N=c2snc3n2CCCC3)cc1F. The van der Waals surface area contributed by atoms with Crippen LogP contribution in [0.2, 0.25) is 0 Å². The van der Waals surface area contributed by atoms with Crippen LogP contribution in [0.4, 0.5) is 14.5 Å². The van der Waals surface area contributed by atoms with Crippen LogP contribution in [0.15, 0.2) is 17.1 Å². The highest BCUT2D eigenvalue weighted by Crippen LogP contribution is 2.21. The zero-order chi connectivity index (χ0) is 14.1. The Labute approximate surface area is 117 Å². The molecule has 0 fully saturated rings. The lowest BCUT2D eigenvalue weighted by Gasteiger charge is -2.11. The number of hydrogen-bond donors (Lipinski definition) is 0. The van der Waals surface area contributed by atoms with Crippen molar-refractivity contribution in [3.05, 3.63) is 40.0 Å². The first-order valence-electron chi connectivity index (χ1n) is 6.18. The van der Waals surface area contributed by atoms with Gasteiger partial charge in [0, 0.05) is 30.6 Å². The van der Waals surface area contributed by atoms with Gasteiger partial charge in [-0.05, 0) is 18.9 Å². The van der Waals surface area contributed by atoms with E-state index in [2.05, 4.69) is 9.37 Å². The molecule has 0 saturated heterocycles. The van der Waals surface area contributed by atoms with Gasteiger partial charge in [-0.25, -0.2) is 13.8 Å². The number of hydrogen-bond acceptors (Lipinski definition) is 4. The Kier molecular flexibility index (Phi) is 3.32. The van der Waals surface area contributed by atoms with E-state index in [0.717, 1.165) is 43.8 Å².